The van der Waals surface area contributed by atoms with E-state index >= 15 is 0 Å². The zero-order valence-electron chi connectivity index (χ0n) is 12.8. The summed E-state index contributed by atoms with van der Waals surface area (Å²) in [7, 11) is 1.67. The van der Waals surface area contributed by atoms with Gasteiger partial charge in [-0.1, -0.05) is 25.4 Å². The summed E-state index contributed by atoms with van der Waals surface area (Å²) in [6, 6.07) is 3.48. The second kappa shape index (κ2) is 5.49. The molecule has 0 aliphatic heterocycles. The molecule has 0 saturated heterocycles. The Morgan fingerprint density at radius 2 is 2.25 bits per heavy atom. The SMILES string of the molecule is COCc1cc(CC2CC(NC3CCC3)C2(C)C)no1. The molecule has 2 saturated carbocycles. The lowest BCUT2D eigenvalue weighted by atomic mass is 9.57. The van der Waals surface area contributed by atoms with E-state index in [1.165, 1.54) is 25.7 Å². The Bertz CT molecular complexity index is 451. The molecule has 0 radical (unpaired) electrons. The molecule has 2 unspecified atom stereocenters. The van der Waals surface area contributed by atoms with Crippen LogP contribution < -0.4 is 5.32 Å². The Labute approximate surface area is 121 Å². The number of hydrogen-bond donors (Lipinski definition) is 1. The maximum absolute atomic E-state index is 5.27. The van der Waals surface area contributed by atoms with Crippen LogP contribution in [0.5, 0.6) is 0 Å². The normalized spacial score (nSPS) is 28.9. The van der Waals surface area contributed by atoms with Crippen LogP contribution in [0.15, 0.2) is 10.6 Å². The first-order chi connectivity index (χ1) is 9.59. The molecule has 2 aliphatic rings. The van der Waals surface area contributed by atoms with E-state index in [0.717, 1.165) is 23.9 Å². The van der Waals surface area contributed by atoms with Gasteiger partial charge in [0.2, 0.25) is 0 Å². The van der Waals surface area contributed by atoms with E-state index in [4.69, 9.17) is 9.26 Å². The van der Waals surface area contributed by atoms with Crippen LogP contribution in [0.3, 0.4) is 0 Å². The molecule has 20 heavy (non-hydrogen) atoms. The van der Waals surface area contributed by atoms with Gasteiger partial charge in [0, 0.05) is 25.3 Å². The van der Waals surface area contributed by atoms with Crippen LogP contribution in [0.1, 0.15) is 51.0 Å². The average Bonchev–Trinajstić information content (AvgIpc) is 2.78. The van der Waals surface area contributed by atoms with E-state index in [0.29, 0.717) is 24.0 Å². The van der Waals surface area contributed by atoms with Gasteiger partial charge in [0.25, 0.3) is 0 Å². The molecule has 2 aliphatic carbocycles. The summed E-state index contributed by atoms with van der Waals surface area (Å²) in [6.07, 6.45) is 6.40. The molecule has 0 amide bonds. The lowest BCUT2D eigenvalue weighted by Crippen LogP contribution is -2.60. The Hall–Kier alpha value is -0.870. The molecule has 2 atom stereocenters. The van der Waals surface area contributed by atoms with Crippen LogP contribution in [-0.4, -0.2) is 24.4 Å². The zero-order valence-corrected chi connectivity index (χ0v) is 12.8. The monoisotopic (exact) mass is 278 g/mol. The summed E-state index contributed by atoms with van der Waals surface area (Å²) < 4.78 is 10.3. The van der Waals surface area contributed by atoms with Crippen LogP contribution in [0.4, 0.5) is 0 Å². The summed E-state index contributed by atoms with van der Waals surface area (Å²) in [6.45, 7) is 5.27. The topological polar surface area (TPSA) is 47.3 Å². The van der Waals surface area contributed by atoms with Crippen molar-refractivity contribution in [3.05, 3.63) is 17.5 Å². The van der Waals surface area contributed by atoms with E-state index in [2.05, 4.69) is 24.3 Å². The van der Waals surface area contributed by atoms with E-state index in [9.17, 15) is 0 Å². The predicted octanol–water partition coefficient (Wildman–Crippen LogP) is 2.92. The molecule has 0 bridgehead atoms. The van der Waals surface area contributed by atoms with Crippen molar-refractivity contribution in [1.29, 1.82) is 0 Å². The summed E-state index contributed by atoms with van der Waals surface area (Å²) in [5.74, 6) is 1.52. The van der Waals surface area contributed by atoms with Crippen LogP contribution in [0.25, 0.3) is 0 Å². The fourth-order valence-corrected chi connectivity index (χ4v) is 3.42. The molecule has 4 heteroatoms. The number of ether oxygens (including phenoxy) is 1. The van der Waals surface area contributed by atoms with Crippen LogP contribution in [0, 0.1) is 11.3 Å². The molecule has 3 rings (SSSR count). The summed E-state index contributed by atoms with van der Waals surface area (Å²) >= 11 is 0. The summed E-state index contributed by atoms with van der Waals surface area (Å²) in [4.78, 5) is 0. The van der Waals surface area contributed by atoms with Crippen LogP contribution in [0.2, 0.25) is 0 Å². The van der Waals surface area contributed by atoms with Crippen molar-refractivity contribution >= 4 is 0 Å². The molecule has 1 heterocycles. The van der Waals surface area contributed by atoms with E-state index in [1.54, 1.807) is 7.11 Å². The third-order valence-electron chi connectivity index (χ3n) is 5.36. The predicted molar refractivity (Wildman–Crippen MR) is 77.4 cm³/mol. The van der Waals surface area contributed by atoms with Gasteiger partial charge in [-0.15, -0.1) is 0 Å². The second-order valence-corrected chi connectivity index (χ2v) is 7.02. The molecule has 1 aromatic rings. The molecule has 2 fully saturated rings. The number of hydrogen-bond acceptors (Lipinski definition) is 4. The van der Waals surface area contributed by atoms with Gasteiger partial charge in [-0.05, 0) is 37.0 Å². The van der Waals surface area contributed by atoms with E-state index in [-0.39, 0.29) is 0 Å². The standard InChI is InChI=1S/C16H26N2O2/c1-16(2)11(8-15(16)17-12-5-4-6-12)7-13-9-14(10-19-3)20-18-13/h9,11-12,15,17H,4-8,10H2,1-3H3. The molecule has 0 spiro atoms. The smallest absolute Gasteiger partial charge is 0.162 e. The highest BCUT2D eigenvalue weighted by Crippen LogP contribution is 2.48. The summed E-state index contributed by atoms with van der Waals surface area (Å²) in [5, 5.41) is 7.98. The molecular formula is C16H26N2O2. The Balaban J connectivity index is 1.53. The number of methoxy groups -OCH3 is 1. The van der Waals surface area contributed by atoms with Gasteiger partial charge in [-0.3, -0.25) is 0 Å². The molecular weight excluding hydrogens is 252 g/mol. The Morgan fingerprint density at radius 3 is 2.85 bits per heavy atom. The molecule has 4 nitrogen and oxygen atoms in total. The van der Waals surface area contributed by atoms with Crippen LogP contribution in [-0.2, 0) is 17.8 Å². The second-order valence-electron chi connectivity index (χ2n) is 7.02. The maximum Gasteiger partial charge on any atom is 0.162 e. The quantitative estimate of drug-likeness (QED) is 0.869. The fraction of sp³-hybridized carbons (Fsp3) is 0.812. The van der Waals surface area contributed by atoms with Gasteiger partial charge >= 0.3 is 0 Å². The number of nitrogens with zero attached hydrogens (tertiary/aromatic N) is 1. The average molecular weight is 278 g/mol. The van der Waals surface area contributed by atoms with Gasteiger partial charge in [0.15, 0.2) is 5.76 Å². The van der Waals surface area contributed by atoms with Crippen molar-refractivity contribution in [2.45, 2.75) is 64.6 Å². The minimum absolute atomic E-state index is 0.357. The Kier molecular flexibility index (Phi) is 3.87. The number of aromatic nitrogens is 1. The summed E-state index contributed by atoms with van der Waals surface area (Å²) in [5.41, 5.74) is 1.42. The highest BCUT2D eigenvalue weighted by Gasteiger charge is 2.48. The third kappa shape index (κ3) is 2.63. The van der Waals surface area contributed by atoms with Gasteiger partial charge in [-0.2, -0.15) is 0 Å². The third-order valence-corrected chi connectivity index (χ3v) is 5.36. The largest absolute Gasteiger partial charge is 0.377 e. The van der Waals surface area contributed by atoms with Crippen molar-refractivity contribution in [2.24, 2.45) is 11.3 Å². The number of rotatable bonds is 6. The number of nitrogens with one attached hydrogen (secondary N) is 1. The van der Waals surface area contributed by atoms with Gasteiger partial charge in [0.05, 0.1) is 5.69 Å². The van der Waals surface area contributed by atoms with E-state index in [1.807, 2.05) is 6.07 Å². The molecule has 1 N–H and O–H groups in total. The van der Waals surface area contributed by atoms with Crippen molar-refractivity contribution in [2.75, 3.05) is 7.11 Å². The Morgan fingerprint density at radius 1 is 1.45 bits per heavy atom. The highest BCUT2D eigenvalue weighted by atomic mass is 16.5. The van der Waals surface area contributed by atoms with Crippen molar-refractivity contribution in [1.82, 2.24) is 10.5 Å². The first-order valence-electron chi connectivity index (χ1n) is 7.79. The minimum atomic E-state index is 0.357. The van der Waals surface area contributed by atoms with E-state index < -0.39 is 0 Å². The van der Waals surface area contributed by atoms with Crippen molar-refractivity contribution in [3.63, 3.8) is 0 Å². The lowest BCUT2D eigenvalue weighted by Gasteiger charge is -2.54. The van der Waals surface area contributed by atoms with Crippen molar-refractivity contribution in [3.8, 4) is 0 Å². The molecule has 0 aromatic carbocycles. The molecule has 112 valence electrons. The fourth-order valence-electron chi connectivity index (χ4n) is 3.42. The van der Waals surface area contributed by atoms with Gasteiger partial charge < -0.3 is 14.6 Å². The van der Waals surface area contributed by atoms with Gasteiger partial charge in [0.1, 0.15) is 6.61 Å². The van der Waals surface area contributed by atoms with Crippen molar-refractivity contribution < 1.29 is 9.26 Å². The van der Waals surface area contributed by atoms with Gasteiger partial charge in [-0.25, -0.2) is 0 Å². The highest BCUT2D eigenvalue weighted by molar-refractivity contribution is 5.11. The zero-order chi connectivity index (χ0) is 14.2. The first kappa shape index (κ1) is 14.1. The first-order valence-corrected chi connectivity index (χ1v) is 7.79. The molecule has 1 aromatic heterocycles. The minimum Gasteiger partial charge on any atom is -0.377 e. The van der Waals surface area contributed by atoms with Crippen LogP contribution >= 0.6 is 0 Å². The maximum atomic E-state index is 5.27. The lowest BCUT2D eigenvalue weighted by molar-refractivity contribution is 0.000506.